The summed E-state index contributed by atoms with van der Waals surface area (Å²) in [5.74, 6) is 0. The third-order valence-electron chi connectivity index (χ3n) is 2.65. The first kappa shape index (κ1) is 17.6. The minimum atomic E-state index is -0.524. The van der Waals surface area contributed by atoms with Crippen LogP contribution in [0, 0.1) is 0 Å². The zero-order valence-electron chi connectivity index (χ0n) is 10.9. The molecule has 0 fully saturated rings. The number of rotatable bonds is 3. The van der Waals surface area contributed by atoms with Crippen LogP contribution in [0.25, 0.3) is 11.5 Å². The molecule has 0 spiro atoms. The van der Waals surface area contributed by atoms with Gasteiger partial charge in [0.15, 0.2) is 0 Å². The Labute approximate surface area is 132 Å². The maximum atomic E-state index is 8.07. The number of nitrogens with one attached hydrogen (secondary N) is 2. The van der Waals surface area contributed by atoms with Crippen molar-refractivity contribution in [1.29, 1.82) is 0 Å². The van der Waals surface area contributed by atoms with Gasteiger partial charge in [0.25, 0.3) is 0 Å². The summed E-state index contributed by atoms with van der Waals surface area (Å²) in [7, 11) is 0. The molecule has 0 heterocycles. The van der Waals surface area contributed by atoms with Crippen molar-refractivity contribution >= 4 is 0 Å². The summed E-state index contributed by atoms with van der Waals surface area (Å²) in [4.78, 5) is 0. The predicted molar refractivity (Wildman–Crippen MR) is 67.0 cm³/mol. The fourth-order valence-electron chi connectivity index (χ4n) is 1.71. The minimum absolute atomic E-state index is 0. The molecule has 82 valence electrons. The summed E-state index contributed by atoms with van der Waals surface area (Å²) in [6.07, 6.45) is 0. The molecule has 0 aliphatic carbocycles. The Morgan fingerprint density at radius 2 is 0.833 bits per heavy atom. The van der Waals surface area contributed by atoms with Gasteiger partial charge < -0.3 is 11.5 Å². The summed E-state index contributed by atoms with van der Waals surface area (Å²) in [6.45, 7) is 0. The van der Waals surface area contributed by atoms with E-state index in [0.717, 1.165) is 11.1 Å². The van der Waals surface area contributed by atoms with Crippen LogP contribution in [0.2, 0.25) is 0 Å². The normalized spacial score (nSPS) is 12.8. The maximum Gasteiger partial charge on any atom is 1.00 e. The average molecular weight is 224 g/mol. The van der Waals surface area contributed by atoms with Crippen LogP contribution in [0.5, 0.6) is 0 Å². The monoisotopic (exact) mass is 224 g/mol. The fourth-order valence-corrected chi connectivity index (χ4v) is 1.71. The van der Waals surface area contributed by atoms with Crippen LogP contribution >= 0.6 is 0 Å². The molecular weight excluding hydrogens is 210 g/mol. The standard InChI is InChI=1S/C14H14N2.2Li/c15-13(11-7-3-1-4-8-11)14(16)12-9-5-2-6-10-12;;/h1-10,13-16H;;/q-2;2*+1/t13-,14-;;/m0../s1. The smallest absolute Gasteiger partial charge is 0.672 e. The Morgan fingerprint density at radius 1 is 0.556 bits per heavy atom. The molecule has 0 amide bonds. The maximum absolute atomic E-state index is 8.07. The van der Waals surface area contributed by atoms with Gasteiger partial charge in [0.2, 0.25) is 0 Å². The van der Waals surface area contributed by atoms with Gasteiger partial charge in [0, 0.05) is 0 Å². The van der Waals surface area contributed by atoms with E-state index < -0.39 is 12.1 Å². The molecule has 0 unspecified atom stereocenters. The second-order valence-corrected chi connectivity index (χ2v) is 3.78. The molecule has 2 rings (SSSR count). The van der Waals surface area contributed by atoms with Crippen LogP contribution in [-0.2, 0) is 0 Å². The summed E-state index contributed by atoms with van der Waals surface area (Å²) < 4.78 is 0. The van der Waals surface area contributed by atoms with E-state index in [4.69, 9.17) is 11.5 Å². The van der Waals surface area contributed by atoms with Gasteiger partial charge in [-0.25, -0.2) is 0 Å². The molecule has 0 saturated carbocycles. The number of benzene rings is 2. The molecule has 4 heteroatoms. The molecule has 0 aromatic heterocycles. The van der Waals surface area contributed by atoms with Crippen molar-refractivity contribution in [2.45, 2.75) is 12.1 Å². The van der Waals surface area contributed by atoms with Crippen LogP contribution in [0.1, 0.15) is 23.2 Å². The second-order valence-electron chi connectivity index (χ2n) is 3.78. The average Bonchev–Trinajstić information content (AvgIpc) is 2.39. The summed E-state index contributed by atoms with van der Waals surface area (Å²) in [5.41, 5.74) is 17.9. The van der Waals surface area contributed by atoms with Gasteiger partial charge in [-0.2, -0.15) is 0 Å². The molecule has 0 aliphatic rings. The molecule has 2 N–H and O–H groups in total. The van der Waals surface area contributed by atoms with Crippen molar-refractivity contribution < 1.29 is 37.7 Å². The summed E-state index contributed by atoms with van der Waals surface area (Å²) >= 11 is 0. The number of hydrogen-bond acceptors (Lipinski definition) is 0. The molecule has 0 saturated heterocycles. The van der Waals surface area contributed by atoms with Crippen molar-refractivity contribution in [3.8, 4) is 0 Å². The molecular formula is C14H14Li2N2. The predicted octanol–water partition coefficient (Wildman–Crippen LogP) is -1.42. The molecule has 2 atom stereocenters. The Hall–Kier alpha value is -0.445. The van der Waals surface area contributed by atoms with Crippen molar-refractivity contribution in [2.24, 2.45) is 0 Å². The van der Waals surface area contributed by atoms with E-state index in [1.165, 1.54) is 0 Å². The van der Waals surface area contributed by atoms with Crippen molar-refractivity contribution in [2.75, 3.05) is 0 Å². The zero-order chi connectivity index (χ0) is 11.4. The molecule has 2 nitrogen and oxygen atoms in total. The van der Waals surface area contributed by atoms with E-state index >= 15 is 0 Å². The topological polar surface area (TPSA) is 47.6 Å². The van der Waals surface area contributed by atoms with Gasteiger partial charge in [-0.05, 0) is 0 Å². The van der Waals surface area contributed by atoms with Gasteiger partial charge in [0.1, 0.15) is 0 Å². The van der Waals surface area contributed by atoms with Gasteiger partial charge in [-0.15, -0.1) is 12.1 Å². The van der Waals surface area contributed by atoms with Crippen LogP contribution in [0.4, 0.5) is 0 Å². The second kappa shape index (κ2) is 8.62. The van der Waals surface area contributed by atoms with Crippen LogP contribution < -0.4 is 37.7 Å². The van der Waals surface area contributed by atoms with E-state index in [9.17, 15) is 0 Å². The van der Waals surface area contributed by atoms with Crippen LogP contribution in [-0.4, -0.2) is 0 Å². The van der Waals surface area contributed by atoms with Gasteiger partial charge in [-0.3, -0.25) is 0 Å². The summed E-state index contributed by atoms with van der Waals surface area (Å²) in [5, 5.41) is 0. The van der Waals surface area contributed by atoms with Gasteiger partial charge in [-0.1, -0.05) is 71.8 Å². The molecule has 2 aromatic carbocycles. The molecule has 0 aliphatic heterocycles. The van der Waals surface area contributed by atoms with E-state index in [1.54, 1.807) is 0 Å². The van der Waals surface area contributed by atoms with Crippen molar-refractivity contribution in [3.05, 3.63) is 83.3 Å². The Balaban J connectivity index is 0.00000144. The van der Waals surface area contributed by atoms with Gasteiger partial charge >= 0.3 is 37.7 Å². The zero-order valence-corrected chi connectivity index (χ0v) is 10.9. The largest absolute Gasteiger partial charge is 1.00 e. The van der Waals surface area contributed by atoms with E-state index in [2.05, 4.69) is 0 Å². The molecule has 0 radical (unpaired) electrons. The number of hydrogen-bond donors (Lipinski definition) is 0. The third-order valence-corrected chi connectivity index (χ3v) is 2.65. The first-order valence-electron chi connectivity index (χ1n) is 5.31. The quantitative estimate of drug-likeness (QED) is 0.575. The van der Waals surface area contributed by atoms with E-state index in [1.807, 2.05) is 60.7 Å². The molecule has 18 heavy (non-hydrogen) atoms. The molecule has 0 bridgehead atoms. The SMILES string of the molecule is [Li+].[Li+].[NH-][C@@H](c1ccccc1)[C@@H]([NH-])c1ccccc1. The van der Waals surface area contributed by atoms with E-state index in [0.29, 0.717) is 0 Å². The Kier molecular flexibility index (Phi) is 8.41. The first-order valence-corrected chi connectivity index (χ1v) is 5.31. The van der Waals surface area contributed by atoms with Gasteiger partial charge in [0.05, 0.1) is 0 Å². The Bertz CT molecular complexity index is 391. The van der Waals surface area contributed by atoms with E-state index in [-0.39, 0.29) is 37.7 Å². The fraction of sp³-hybridized carbons (Fsp3) is 0.143. The third kappa shape index (κ3) is 4.34. The van der Waals surface area contributed by atoms with Crippen LogP contribution in [0.15, 0.2) is 60.7 Å². The molecule has 2 aromatic rings. The van der Waals surface area contributed by atoms with Crippen molar-refractivity contribution in [3.63, 3.8) is 0 Å². The van der Waals surface area contributed by atoms with Crippen molar-refractivity contribution in [1.82, 2.24) is 0 Å². The first-order chi connectivity index (χ1) is 7.79. The Morgan fingerprint density at radius 3 is 1.11 bits per heavy atom. The summed E-state index contributed by atoms with van der Waals surface area (Å²) in [6, 6.07) is 18.1. The minimum Gasteiger partial charge on any atom is -0.672 e. The van der Waals surface area contributed by atoms with Crippen LogP contribution in [0.3, 0.4) is 0 Å².